The molecule has 0 saturated heterocycles. The Bertz CT molecular complexity index is 1150. The van der Waals surface area contributed by atoms with E-state index in [9.17, 15) is 14.4 Å². The maximum atomic E-state index is 12.2. The van der Waals surface area contributed by atoms with Gasteiger partial charge >= 0.3 is 5.69 Å². The zero-order valence-corrected chi connectivity index (χ0v) is 17.3. The zero-order chi connectivity index (χ0) is 21.0. The number of hydrogen-bond donors (Lipinski definition) is 2. The molecule has 0 unspecified atom stereocenters. The Kier molecular flexibility index (Phi) is 6.55. The number of H-pyrrole nitrogens is 1. The number of rotatable bonds is 7. The molecule has 9 nitrogen and oxygen atoms in total. The van der Waals surface area contributed by atoms with E-state index < -0.39 is 5.69 Å². The Hall–Kier alpha value is -2.85. The highest BCUT2D eigenvalue weighted by atomic mass is 35.5. The number of amides is 1. The van der Waals surface area contributed by atoms with Crippen LogP contribution in [0, 0.1) is 6.92 Å². The molecule has 3 rings (SSSR count). The molecular formula is C18H18ClN5O4S. The van der Waals surface area contributed by atoms with Crippen molar-refractivity contribution in [1.82, 2.24) is 19.7 Å². The fraction of sp³-hybridized carbons (Fsp3) is 0.278. The topological polar surface area (TPSA) is 123 Å². The van der Waals surface area contributed by atoms with Gasteiger partial charge in [0.2, 0.25) is 11.8 Å². The molecule has 29 heavy (non-hydrogen) atoms. The molecule has 2 heterocycles. The van der Waals surface area contributed by atoms with Crippen LogP contribution in [0.25, 0.3) is 0 Å². The third kappa shape index (κ3) is 5.36. The van der Waals surface area contributed by atoms with Crippen molar-refractivity contribution >= 4 is 35.0 Å². The zero-order valence-electron chi connectivity index (χ0n) is 15.7. The minimum atomic E-state index is -0.455. The van der Waals surface area contributed by atoms with Gasteiger partial charge in [0, 0.05) is 35.4 Å². The molecule has 0 atom stereocenters. The van der Waals surface area contributed by atoms with Gasteiger partial charge in [-0.15, -0.1) is 10.2 Å². The summed E-state index contributed by atoms with van der Waals surface area (Å²) < 4.78 is 6.54. The average molecular weight is 436 g/mol. The minimum Gasteiger partial charge on any atom is -0.416 e. The number of aryl methyl sites for hydroxylation is 2. The van der Waals surface area contributed by atoms with Crippen LogP contribution in [0.1, 0.15) is 17.1 Å². The lowest BCUT2D eigenvalue weighted by molar-refractivity contribution is -0.113. The van der Waals surface area contributed by atoms with E-state index in [1.165, 1.54) is 7.05 Å². The predicted octanol–water partition coefficient (Wildman–Crippen LogP) is 1.93. The molecule has 1 aromatic carbocycles. The van der Waals surface area contributed by atoms with Crippen molar-refractivity contribution in [1.29, 1.82) is 0 Å². The van der Waals surface area contributed by atoms with E-state index in [-0.39, 0.29) is 22.4 Å². The summed E-state index contributed by atoms with van der Waals surface area (Å²) in [6.45, 7) is 1.67. The van der Waals surface area contributed by atoms with Crippen molar-refractivity contribution in [2.24, 2.45) is 7.05 Å². The molecular weight excluding hydrogens is 418 g/mol. The van der Waals surface area contributed by atoms with Gasteiger partial charge in [-0.2, -0.15) is 0 Å². The van der Waals surface area contributed by atoms with Crippen molar-refractivity contribution in [3.8, 4) is 0 Å². The van der Waals surface area contributed by atoms with E-state index >= 15 is 0 Å². The number of nitrogens with zero attached hydrogens (tertiary/aromatic N) is 3. The monoisotopic (exact) mass is 435 g/mol. The quantitative estimate of drug-likeness (QED) is 0.543. The van der Waals surface area contributed by atoms with Crippen LogP contribution in [0.2, 0.25) is 5.02 Å². The van der Waals surface area contributed by atoms with Gasteiger partial charge in [-0.25, -0.2) is 4.79 Å². The first-order valence-corrected chi connectivity index (χ1v) is 9.99. The Morgan fingerprint density at radius 2 is 2.10 bits per heavy atom. The third-order valence-electron chi connectivity index (χ3n) is 4.09. The fourth-order valence-corrected chi connectivity index (χ4v) is 3.36. The Balaban J connectivity index is 1.55. The van der Waals surface area contributed by atoms with Crippen molar-refractivity contribution in [2.75, 3.05) is 11.1 Å². The second-order valence-electron chi connectivity index (χ2n) is 6.21. The SMILES string of the molecule is Cc1[nH]c(=O)n(C)c(=O)c1CCc1nnc(SCC(=O)Nc2cccc(Cl)c2)o1. The number of anilines is 1. The largest absolute Gasteiger partial charge is 0.416 e. The number of benzene rings is 1. The van der Waals surface area contributed by atoms with Crippen molar-refractivity contribution in [3.63, 3.8) is 0 Å². The molecule has 2 N–H and O–H groups in total. The third-order valence-corrected chi connectivity index (χ3v) is 5.14. The molecule has 0 spiro atoms. The smallest absolute Gasteiger partial charge is 0.328 e. The minimum absolute atomic E-state index is 0.0910. The number of nitrogens with one attached hydrogen (secondary N) is 2. The molecule has 0 bridgehead atoms. The van der Waals surface area contributed by atoms with Gasteiger partial charge in [0.05, 0.1) is 5.75 Å². The average Bonchev–Trinajstić information content (AvgIpc) is 3.12. The highest BCUT2D eigenvalue weighted by Crippen LogP contribution is 2.19. The van der Waals surface area contributed by atoms with Gasteiger partial charge in [-0.05, 0) is 31.5 Å². The predicted molar refractivity (Wildman–Crippen MR) is 110 cm³/mol. The van der Waals surface area contributed by atoms with Crippen LogP contribution in [-0.4, -0.2) is 31.4 Å². The van der Waals surface area contributed by atoms with E-state index in [2.05, 4.69) is 20.5 Å². The molecule has 1 amide bonds. The molecule has 11 heteroatoms. The van der Waals surface area contributed by atoms with Crippen LogP contribution >= 0.6 is 23.4 Å². The maximum Gasteiger partial charge on any atom is 0.328 e. The van der Waals surface area contributed by atoms with Gasteiger partial charge in [-0.3, -0.25) is 14.2 Å². The lowest BCUT2D eigenvalue weighted by atomic mass is 10.1. The van der Waals surface area contributed by atoms with Crippen LogP contribution < -0.4 is 16.6 Å². The molecule has 0 aliphatic heterocycles. The van der Waals surface area contributed by atoms with Crippen LogP contribution in [0.5, 0.6) is 0 Å². The van der Waals surface area contributed by atoms with Crippen molar-refractivity contribution < 1.29 is 9.21 Å². The summed E-state index contributed by atoms with van der Waals surface area (Å²) in [5, 5.41) is 11.4. The second kappa shape index (κ2) is 9.10. The number of carbonyl (C=O) groups excluding carboxylic acids is 1. The summed E-state index contributed by atoms with van der Waals surface area (Å²) in [6.07, 6.45) is 0.682. The second-order valence-corrected chi connectivity index (χ2v) is 7.57. The summed E-state index contributed by atoms with van der Waals surface area (Å²) in [5.41, 5.74) is 0.805. The summed E-state index contributed by atoms with van der Waals surface area (Å²) in [7, 11) is 1.42. The Morgan fingerprint density at radius 1 is 1.31 bits per heavy atom. The molecule has 0 aliphatic carbocycles. The number of hydrogen-bond acceptors (Lipinski definition) is 7. The summed E-state index contributed by atoms with van der Waals surface area (Å²) >= 11 is 6.99. The van der Waals surface area contributed by atoms with Crippen LogP contribution in [-0.2, 0) is 24.7 Å². The highest BCUT2D eigenvalue weighted by Gasteiger charge is 2.13. The first-order chi connectivity index (χ1) is 13.8. The molecule has 0 saturated carbocycles. The van der Waals surface area contributed by atoms with E-state index in [1.54, 1.807) is 31.2 Å². The molecule has 152 valence electrons. The highest BCUT2D eigenvalue weighted by molar-refractivity contribution is 7.99. The first kappa shape index (κ1) is 20.9. The first-order valence-electron chi connectivity index (χ1n) is 8.63. The molecule has 3 aromatic rings. The lowest BCUT2D eigenvalue weighted by Gasteiger charge is -2.05. The van der Waals surface area contributed by atoms with Crippen molar-refractivity contribution in [3.05, 3.63) is 67.3 Å². The Labute approximate surface area is 174 Å². The number of thioether (sulfide) groups is 1. The fourth-order valence-electron chi connectivity index (χ4n) is 2.59. The number of carbonyl (C=O) groups is 1. The van der Waals surface area contributed by atoms with Gasteiger partial charge in [-0.1, -0.05) is 29.4 Å². The standard InChI is InChI=1S/C18H18ClN5O4S/c1-10-13(16(26)24(2)17(27)20-10)6-7-15-22-23-18(28-15)29-9-14(25)21-12-5-3-4-11(19)8-12/h3-5,8H,6-7,9H2,1-2H3,(H,20,27)(H,21,25). The number of aromatic nitrogens is 4. The summed E-state index contributed by atoms with van der Waals surface area (Å²) in [6, 6.07) is 6.85. The molecule has 0 radical (unpaired) electrons. The van der Waals surface area contributed by atoms with Crippen LogP contribution in [0.3, 0.4) is 0 Å². The van der Waals surface area contributed by atoms with Crippen LogP contribution in [0.15, 0.2) is 43.5 Å². The summed E-state index contributed by atoms with van der Waals surface area (Å²) in [5.74, 6) is 0.202. The number of halogens is 1. The van der Waals surface area contributed by atoms with Crippen LogP contribution in [0.4, 0.5) is 5.69 Å². The van der Waals surface area contributed by atoms with Crippen molar-refractivity contribution in [2.45, 2.75) is 25.0 Å². The van der Waals surface area contributed by atoms with Gasteiger partial charge < -0.3 is 14.7 Å². The molecule has 0 fully saturated rings. The van der Waals surface area contributed by atoms with Gasteiger partial charge in [0.25, 0.3) is 10.8 Å². The van der Waals surface area contributed by atoms with E-state index in [1.807, 2.05) is 0 Å². The number of aromatic amines is 1. The van der Waals surface area contributed by atoms with Gasteiger partial charge in [0.1, 0.15) is 0 Å². The van der Waals surface area contributed by atoms with Gasteiger partial charge in [0.15, 0.2) is 0 Å². The van der Waals surface area contributed by atoms with E-state index in [4.69, 9.17) is 16.0 Å². The maximum absolute atomic E-state index is 12.2. The Morgan fingerprint density at radius 3 is 2.86 bits per heavy atom. The lowest BCUT2D eigenvalue weighted by Crippen LogP contribution is -2.36. The van der Waals surface area contributed by atoms with E-state index in [0.29, 0.717) is 40.7 Å². The van der Waals surface area contributed by atoms with E-state index in [0.717, 1.165) is 16.3 Å². The molecule has 0 aliphatic rings. The molecule has 2 aromatic heterocycles. The normalized spacial score (nSPS) is 10.9. The summed E-state index contributed by atoms with van der Waals surface area (Å²) in [4.78, 5) is 38.4.